The Morgan fingerprint density at radius 2 is 1.75 bits per heavy atom. The number of halogens is 1. The highest BCUT2D eigenvalue weighted by Crippen LogP contribution is 2.30. The molecule has 0 aromatic heterocycles. The average Bonchev–Trinajstić information content (AvgIpc) is 1.96. The van der Waals surface area contributed by atoms with Gasteiger partial charge in [-0.15, -0.1) is 0 Å². The van der Waals surface area contributed by atoms with Gasteiger partial charge in [0.2, 0.25) is 0 Å². The molecule has 0 spiro atoms. The van der Waals surface area contributed by atoms with Gasteiger partial charge in [-0.1, -0.05) is 76.0 Å². The Labute approximate surface area is 91.7 Å². The van der Waals surface area contributed by atoms with E-state index in [2.05, 4.69) is 50.3 Å². The minimum absolute atomic E-state index is 0.476. The standard InChI is InChI=1S/C11H23I/c1-5-6-7-8-9-10(2)11(3,4)12/h10H,5-9H2,1-4H3. The van der Waals surface area contributed by atoms with Crippen molar-refractivity contribution in [1.82, 2.24) is 0 Å². The van der Waals surface area contributed by atoms with Crippen LogP contribution in [0.25, 0.3) is 0 Å². The maximum atomic E-state index is 2.56. The Morgan fingerprint density at radius 3 is 2.17 bits per heavy atom. The van der Waals surface area contributed by atoms with Gasteiger partial charge >= 0.3 is 0 Å². The molecule has 0 amide bonds. The smallest absolute Gasteiger partial charge is 0.0191 e. The molecule has 1 atom stereocenters. The largest absolute Gasteiger partial charge is 0.0792 e. The van der Waals surface area contributed by atoms with Crippen LogP contribution >= 0.6 is 22.6 Å². The summed E-state index contributed by atoms with van der Waals surface area (Å²) in [5.74, 6) is 0.856. The second-order valence-corrected chi connectivity index (χ2v) is 7.10. The first kappa shape index (κ1) is 12.7. The summed E-state index contributed by atoms with van der Waals surface area (Å²) >= 11 is 2.56. The fourth-order valence-corrected chi connectivity index (χ4v) is 1.53. The Morgan fingerprint density at radius 1 is 1.17 bits per heavy atom. The van der Waals surface area contributed by atoms with Crippen molar-refractivity contribution < 1.29 is 0 Å². The van der Waals surface area contributed by atoms with Crippen LogP contribution in [0.2, 0.25) is 0 Å². The van der Waals surface area contributed by atoms with E-state index in [0.29, 0.717) is 3.42 Å². The first-order valence-corrected chi connectivity index (χ1v) is 6.25. The van der Waals surface area contributed by atoms with E-state index >= 15 is 0 Å². The van der Waals surface area contributed by atoms with Crippen molar-refractivity contribution in [2.75, 3.05) is 0 Å². The average molecular weight is 282 g/mol. The van der Waals surface area contributed by atoms with Crippen molar-refractivity contribution in [3.63, 3.8) is 0 Å². The van der Waals surface area contributed by atoms with Crippen molar-refractivity contribution in [3.8, 4) is 0 Å². The van der Waals surface area contributed by atoms with Gasteiger partial charge in [-0.25, -0.2) is 0 Å². The second kappa shape index (κ2) is 6.22. The minimum Gasteiger partial charge on any atom is -0.0792 e. The zero-order chi connectivity index (χ0) is 9.61. The van der Waals surface area contributed by atoms with Crippen molar-refractivity contribution in [2.24, 2.45) is 5.92 Å². The molecule has 0 fully saturated rings. The first-order chi connectivity index (χ1) is 5.48. The van der Waals surface area contributed by atoms with E-state index in [4.69, 9.17) is 0 Å². The number of hydrogen-bond acceptors (Lipinski definition) is 0. The number of rotatable bonds is 6. The van der Waals surface area contributed by atoms with Gasteiger partial charge in [0, 0.05) is 3.42 Å². The molecule has 0 aliphatic rings. The molecule has 0 aromatic rings. The predicted octanol–water partition coefficient (Wildman–Crippen LogP) is 4.81. The Hall–Kier alpha value is 0.730. The third-order valence-electron chi connectivity index (χ3n) is 2.66. The van der Waals surface area contributed by atoms with Crippen LogP contribution in [0.15, 0.2) is 0 Å². The van der Waals surface area contributed by atoms with Crippen LogP contribution in [0.3, 0.4) is 0 Å². The Bertz CT molecular complexity index is 102. The predicted molar refractivity (Wildman–Crippen MR) is 66.0 cm³/mol. The molecular weight excluding hydrogens is 259 g/mol. The van der Waals surface area contributed by atoms with Crippen LogP contribution in [-0.2, 0) is 0 Å². The third kappa shape index (κ3) is 6.27. The third-order valence-corrected chi connectivity index (χ3v) is 3.73. The molecule has 0 radical (unpaired) electrons. The van der Waals surface area contributed by atoms with Gasteiger partial charge in [0.05, 0.1) is 0 Å². The lowest BCUT2D eigenvalue weighted by Crippen LogP contribution is -2.20. The van der Waals surface area contributed by atoms with Crippen LogP contribution in [-0.4, -0.2) is 3.42 Å². The number of hydrogen-bond donors (Lipinski definition) is 0. The van der Waals surface area contributed by atoms with E-state index in [1.807, 2.05) is 0 Å². The molecule has 0 aliphatic heterocycles. The van der Waals surface area contributed by atoms with Crippen molar-refractivity contribution in [3.05, 3.63) is 0 Å². The maximum absolute atomic E-state index is 2.56. The molecule has 0 N–H and O–H groups in total. The normalized spacial score (nSPS) is 14.8. The molecule has 1 heteroatoms. The van der Waals surface area contributed by atoms with E-state index in [-0.39, 0.29) is 0 Å². The quantitative estimate of drug-likeness (QED) is 0.373. The van der Waals surface area contributed by atoms with Gasteiger partial charge in [-0.2, -0.15) is 0 Å². The molecule has 12 heavy (non-hydrogen) atoms. The highest BCUT2D eigenvalue weighted by molar-refractivity contribution is 14.1. The molecule has 74 valence electrons. The number of unbranched alkanes of at least 4 members (excludes halogenated alkanes) is 3. The molecule has 0 bridgehead atoms. The lowest BCUT2D eigenvalue weighted by Gasteiger charge is -2.25. The molecule has 0 aromatic carbocycles. The van der Waals surface area contributed by atoms with E-state index in [1.165, 1.54) is 32.1 Å². The Balaban J connectivity index is 3.38. The topological polar surface area (TPSA) is 0 Å². The summed E-state index contributed by atoms with van der Waals surface area (Å²) in [7, 11) is 0. The highest BCUT2D eigenvalue weighted by Gasteiger charge is 2.20. The molecule has 0 saturated carbocycles. The Kier molecular flexibility index (Phi) is 6.60. The maximum Gasteiger partial charge on any atom is 0.0191 e. The van der Waals surface area contributed by atoms with Crippen LogP contribution in [0, 0.1) is 5.92 Å². The van der Waals surface area contributed by atoms with Gasteiger partial charge < -0.3 is 0 Å². The molecular formula is C11H23I. The van der Waals surface area contributed by atoms with Gasteiger partial charge in [-0.3, -0.25) is 0 Å². The molecule has 0 saturated heterocycles. The fraction of sp³-hybridized carbons (Fsp3) is 1.00. The zero-order valence-electron chi connectivity index (χ0n) is 8.99. The highest BCUT2D eigenvalue weighted by atomic mass is 127. The molecule has 0 aliphatic carbocycles. The zero-order valence-corrected chi connectivity index (χ0v) is 11.1. The van der Waals surface area contributed by atoms with Crippen molar-refractivity contribution in [1.29, 1.82) is 0 Å². The van der Waals surface area contributed by atoms with Crippen LogP contribution < -0.4 is 0 Å². The summed E-state index contributed by atoms with van der Waals surface area (Å²) in [4.78, 5) is 0. The van der Waals surface area contributed by atoms with Crippen LogP contribution in [0.1, 0.15) is 59.8 Å². The van der Waals surface area contributed by atoms with Gasteiger partial charge in [0.15, 0.2) is 0 Å². The van der Waals surface area contributed by atoms with Gasteiger partial charge in [-0.05, 0) is 12.3 Å². The van der Waals surface area contributed by atoms with E-state index in [1.54, 1.807) is 0 Å². The minimum atomic E-state index is 0.476. The SMILES string of the molecule is CCCCCCC(C)C(C)(C)I. The van der Waals surface area contributed by atoms with Crippen LogP contribution in [0.4, 0.5) is 0 Å². The van der Waals surface area contributed by atoms with Crippen molar-refractivity contribution in [2.45, 2.75) is 63.2 Å². The van der Waals surface area contributed by atoms with Crippen LogP contribution in [0.5, 0.6) is 0 Å². The van der Waals surface area contributed by atoms with E-state index in [0.717, 1.165) is 5.92 Å². The summed E-state index contributed by atoms with van der Waals surface area (Å²) in [5, 5.41) is 0. The second-order valence-electron chi connectivity index (χ2n) is 4.31. The van der Waals surface area contributed by atoms with Gasteiger partial charge in [0.1, 0.15) is 0 Å². The van der Waals surface area contributed by atoms with Gasteiger partial charge in [0.25, 0.3) is 0 Å². The monoisotopic (exact) mass is 282 g/mol. The lowest BCUT2D eigenvalue weighted by molar-refractivity contribution is 0.424. The molecule has 0 heterocycles. The summed E-state index contributed by atoms with van der Waals surface area (Å²) < 4.78 is 0.476. The molecule has 0 rings (SSSR count). The first-order valence-electron chi connectivity index (χ1n) is 5.17. The summed E-state index contributed by atoms with van der Waals surface area (Å²) in [6.45, 7) is 9.31. The van der Waals surface area contributed by atoms with E-state index < -0.39 is 0 Å². The molecule has 0 nitrogen and oxygen atoms in total. The lowest BCUT2D eigenvalue weighted by atomic mass is 9.92. The fourth-order valence-electron chi connectivity index (χ4n) is 1.22. The van der Waals surface area contributed by atoms with Crippen molar-refractivity contribution >= 4 is 22.6 Å². The summed E-state index contributed by atoms with van der Waals surface area (Å²) in [6.07, 6.45) is 7.00. The summed E-state index contributed by atoms with van der Waals surface area (Å²) in [5.41, 5.74) is 0. The summed E-state index contributed by atoms with van der Waals surface area (Å²) in [6, 6.07) is 0. The van der Waals surface area contributed by atoms with E-state index in [9.17, 15) is 0 Å². The molecule has 1 unspecified atom stereocenters. The number of alkyl halides is 1.